The van der Waals surface area contributed by atoms with Crippen LogP contribution in [0.2, 0.25) is 0 Å². The van der Waals surface area contributed by atoms with Crippen LogP contribution < -0.4 is 10.1 Å². The lowest BCUT2D eigenvalue weighted by molar-refractivity contribution is -0.136. The van der Waals surface area contributed by atoms with Crippen LogP contribution in [0.3, 0.4) is 0 Å². The lowest BCUT2D eigenvalue weighted by atomic mass is 10.0. The Bertz CT molecular complexity index is 513. The Labute approximate surface area is 139 Å². The van der Waals surface area contributed by atoms with Gasteiger partial charge in [0, 0.05) is 44.7 Å². The van der Waals surface area contributed by atoms with E-state index in [4.69, 9.17) is 4.74 Å². The molecule has 23 heavy (non-hydrogen) atoms. The van der Waals surface area contributed by atoms with Crippen LogP contribution in [0.1, 0.15) is 25.5 Å². The van der Waals surface area contributed by atoms with Crippen molar-refractivity contribution in [2.75, 3.05) is 46.9 Å². The zero-order chi connectivity index (χ0) is 16.8. The van der Waals surface area contributed by atoms with E-state index in [9.17, 15) is 4.79 Å². The summed E-state index contributed by atoms with van der Waals surface area (Å²) in [6, 6.07) is 8.56. The number of hydrogen-bond acceptors (Lipinski definition) is 4. The van der Waals surface area contributed by atoms with Gasteiger partial charge in [-0.15, -0.1) is 0 Å². The monoisotopic (exact) mass is 319 g/mol. The van der Waals surface area contributed by atoms with Crippen molar-refractivity contribution in [1.29, 1.82) is 0 Å². The van der Waals surface area contributed by atoms with E-state index in [-0.39, 0.29) is 11.8 Å². The Balaban J connectivity index is 1.91. The van der Waals surface area contributed by atoms with Gasteiger partial charge >= 0.3 is 0 Å². The number of benzene rings is 1. The lowest BCUT2D eigenvalue weighted by Crippen LogP contribution is -2.51. The minimum atomic E-state index is 0.0438. The standard InChI is InChI=1S/C18H29N3O2/c1-14(13-19-3)18(22)21-10-8-20(9-11-21)15(2)16-6-5-7-17(12-16)23-4/h5-7,12,14-15,19H,8-11,13H2,1-4H3. The summed E-state index contributed by atoms with van der Waals surface area (Å²) in [4.78, 5) is 16.8. The number of nitrogens with one attached hydrogen (secondary N) is 1. The summed E-state index contributed by atoms with van der Waals surface area (Å²) < 4.78 is 5.31. The third-order valence-corrected chi connectivity index (χ3v) is 4.68. The third-order valence-electron chi connectivity index (χ3n) is 4.68. The summed E-state index contributed by atoms with van der Waals surface area (Å²) in [6.45, 7) is 8.38. The molecule has 5 nitrogen and oxygen atoms in total. The van der Waals surface area contributed by atoms with E-state index in [1.165, 1.54) is 5.56 Å². The molecular weight excluding hydrogens is 290 g/mol. The summed E-state index contributed by atoms with van der Waals surface area (Å²) in [5, 5.41) is 3.08. The van der Waals surface area contributed by atoms with Crippen molar-refractivity contribution < 1.29 is 9.53 Å². The Morgan fingerprint density at radius 1 is 1.26 bits per heavy atom. The second-order valence-corrected chi connectivity index (χ2v) is 6.27. The summed E-state index contributed by atoms with van der Waals surface area (Å²) >= 11 is 0. The Morgan fingerprint density at radius 3 is 2.57 bits per heavy atom. The molecule has 2 rings (SSSR count). The molecule has 1 amide bonds. The van der Waals surface area contributed by atoms with Crippen molar-refractivity contribution in [3.63, 3.8) is 0 Å². The molecule has 0 radical (unpaired) electrons. The topological polar surface area (TPSA) is 44.8 Å². The van der Waals surface area contributed by atoms with E-state index < -0.39 is 0 Å². The first kappa shape index (κ1) is 17.8. The van der Waals surface area contributed by atoms with Gasteiger partial charge in [-0.1, -0.05) is 19.1 Å². The van der Waals surface area contributed by atoms with Gasteiger partial charge < -0.3 is 15.0 Å². The minimum absolute atomic E-state index is 0.0438. The van der Waals surface area contributed by atoms with E-state index in [1.54, 1.807) is 7.11 Å². The Hall–Kier alpha value is -1.59. The highest BCUT2D eigenvalue weighted by Gasteiger charge is 2.27. The molecule has 0 bridgehead atoms. The smallest absolute Gasteiger partial charge is 0.226 e. The highest BCUT2D eigenvalue weighted by Crippen LogP contribution is 2.25. The van der Waals surface area contributed by atoms with Gasteiger partial charge in [-0.2, -0.15) is 0 Å². The molecule has 5 heteroatoms. The van der Waals surface area contributed by atoms with Crippen LogP contribution in [0.5, 0.6) is 5.75 Å². The predicted molar refractivity (Wildman–Crippen MR) is 92.7 cm³/mol. The molecule has 128 valence electrons. The molecule has 1 saturated heterocycles. The number of rotatable bonds is 6. The first-order chi connectivity index (χ1) is 11.1. The number of carbonyl (C=O) groups is 1. The van der Waals surface area contributed by atoms with Crippen molar-refractivity contribution in [3.05, 3.63) is 29.8 Å². The molecule has 1 aliphatic rings. The summed E-state index contributed by atoms with van der Waals surface area (Å²) in [7, 11) is 3.58. The number of nitrogens with zero attached hydrogens (tertiary/aromatic N) is 2. The maximum Gasteiger partial charge on any atom is 0.226 e. The molecule has 1 aromatic carbocycles. The average molecular weight is 319 g/mol. The van der Waals surface area contributed by atoms with Gasteiger partial charge in [0.25, 0.3) is 0 Å². The van der Waals surface area contributed by atoms with Crippen LogP contribution in [-0.4, -0.2) is 62.6 Å². The molecule has 0 spiro atoms. The molecule has 0 aliphatic carbocycles. The van der Waals surface area contributed by atoms with E-state index in [0.29, 0.717) is 6.04 Å². The fourth-order valence-electron chi connectivity index (χ4n) is 3.15. The van der Waals surface area contributed by atoms with Gasteiger partial charge in [0.15, 0.2) is 0 Å². The molecule has 1 aromatic rings. The van der Waals surface area contributed by atoms with Crippen molar-refractivity contribution in [1.82, 2.24) is 15.1 Å². The second-order valence-electron chi connectivity index (χ2n) is 6.27. The zero-order valence-electron chi connectivity index (χ0n) is 14.7. The number of ether oxygens (including phenoxy) is 1. The molecule has 1 N–H and O–H groups in total. The highest BCUT2D eigenvalue weighted by atomic mass is 16.5. The molecule has 1 fully saturated rings. The highest BCUT2D eigenvalue weighted by molar-refractivity contribution is 5.78. The fraction of sp³-hybridized carbons (Fsp3) is 0.611. The number of amides is 1. The van der Waals surface area contributed by atoms with Crippen LogP contribution in [0.15, 0.2) is 24.3 Å². The van der Waals surface area contributed by atoms with Gasteiger partial charge in [0.2, 0.25) is 5.91 Å². The maximum atomic E-state index is 12.4. The van der Waals surface area contributed by atoms with E-state index in [2.05, 4.69) is 29.3 Å². The van der Waals surface area contributed by atoms with Crippen molar-refractivity contribution in [2.24, 2.45) is 5.92 Å². The molecule has 2 unspecified atom stereocenters. The predicted octanol–water partition coefficient (Wildman–Crippen LogP) is 1.76. The third kappa shape index (κ3) is 4.45. The largest absolute Gasteiger partial charge is 0.497 e. The van der Waals surface area contributed by atoms with Gasteiger partial charge in [-0.25, -0.2) is 0 Å². The van der Waals surface area contributed by atoms with Gasteiger partial charge in [0.05, 0.1) is 7.11 Å². The van der Waals surface area contributed by atoms with E-state index in [1.807, 2.05) is 31.0 Å². The average Bonchev–Trinajstić information content (AvgIpc) is 2.60. The van der Waals surface area contributed by atoms with Crippen molar-refractivity contribution in [3.8, 4) is 5.75 Å². The fourth-order valence-corrected chi connectivity index (χ4v) is 3.15. The summed E-state index contributed by atoms with van der Waals surface area (Å²) in [5.41, 5.74) is 1.26. The van der Waals surface area contributed by atoms with E-state index >= 15 is 0 Å². The molecular formula is C18H29N3O2. The Morgan fingerprint density at radius 2 is 1.96 bits per heavy atom. The van der Waals surface area contributed by atoms with Crippen LogP contribution in [0.4, 0.5) is 0 Å². The first-order valence-corrected chi connectivity index (χ1v) is 8.38. The van der Waals surface area contributed by atoms with Crippen LogP contribution in [-0.2, 0) is 4.79 Å². The van der Waals surface area contributed by atoms with Gasteiger partial charge in [-0.05, 0) is 31.7 Å². The Kier molecular flexibility index (Phi) is 6.42. The SMILES string of the molecule is CNCC(C)C(=O)N1CCN(C(C)c2cccc(OC)c2)CC1. The van der Waals surface area contributed by atoms with Gasteiger partial charge in [-0.3, -0.25) is 9.69 Å². The quantitative estimate of drug-likeness (QED) is 0.868. The number of carbonyl (C=O) groups excluding carboxylic acids is 1. The lowest BCUT2D eigenvalue weighted by Gasteiger charge is -2.39. The molecule has 2 atom stereocenters. The van der Waals surface area contributed by atoms with Crippen LogP contribution in [0, 0.1) is 5.92 Å². The maximum absolute atomic E-state index is 12.4. The zero-order valence-corrected chi connectivity index (χ0v) is 14.7. The normalized spacial score (nSPS) is 18.5. The minimum Gasteiger partial charge on any atom is -0.497 e. The number of piperazine rings is 1. The molecule has 0 aromatic heterocycles. The van der Waals surface area contributed by atoms with Crippen molar-refractivity contribution >= 4 is 5.91 Å². The molecule has 0 saturated carbocycles. The number of hydrogen-bond donors (Lipinski definition) is 1. The molecule has 1 aliphatic heterocycles. The van der Waals surface area contributed by atoms with Crippen molar-refractivity contribution in [2.45, 2.75) is 19.9 Å². The first-order valence-electron chi connectivity index (χ1n) is 8.38. The second kappa shape index (κ2) is 8.31. The summed E-state index contributed by atoms with van der Waals surface area (Å²) in [5.74, 6) is 1.19. The number of methoxy groups -OCH3 is 1. The van der Waals surface area contributed by atoms with Gasteiger partial charge in [0.1, 0.15) is 5.75 Å². The molecule has 1 heterocycles. The summed E-state index contributed by atoms with van der Waals surface area (Å²) in [6.07, 6.45) is 0. The van der Waals surface area contributed by atoms with Crippen LogP contribution >= 0.6 is 0 Å². The van der Waals surface area contributed by atoms with E-state index in [0.717, 1.165) is 38.5 Å². The van der Waals surface area contributed by atoms with Crippen LogP contribution in [0.25, 0.3) is 0 Å².